The van der Waals surface area contributed by atoms with Gasteiger partial charge in [0.05, 0.1) is 10.4 Å². The molecule has 0 aliphatic rings. The molecule has 1 aromatic heterocycles. The van der Waals surface area contributed by atoms with E-state index in [1.807, 2.05) is 6.92 Å². The Labute approximate surface area is 190 Å². The number of amides is 1. The van der Waals surface area contributed by atoms with Crippen molar-refractivity contribution < 1.29 is 17.6 Å². The van der Waals surface area contributed by atoms with Gasteiger partial charge in [-0.3, -0.25) is 9.59 Å². The second kappa shape index (κ2) is 8.63. The number of para-hydroxylation sites is 1. The Balaban J connectivity index is 1.80. The number of aromatic nitrogens is 1. The number of benzene rings is 3. The summed E-state index contributed by atoms with van der Waals surface area (Å²) in [4.78, 5) is 25.4. The normalized spacial score (nSPS) is 11.5. The fourth-order valence-corrected chi connectivity index (χ4v) is 4.99. The number of nitrogens with zero attached hydrogens (tertiary/aromatic N) is 1. The van der Waals surface area contributed by atoms with Crippen molar-refractivity contribution >= 4 is 32.3 Å². The Bertz CT molecular complexity index is 1540. The molecule has 0 aliphatic carbocycles. The highest BCUT2D eigenvalue weighted by Crippen LogP contribution is 2.23. The van der Waals surface area contributed by atoms with E-state index >= 15 is 0 Å². The lowest BCUT2D eigenvalue weighted by Crippen LogP contribution is -2.24. The zero-order valence-corrected chi connectivity index (χ0v) is 18.8. The van der Waals surface area contributed by atoms with Crippen molar-refractivity contribution in [3.05, 3.63) is 100 Å². The number of carbonyl (C=O) groups excluding carboxylic acids is 1. The number of pyridine rings is 1. The standard InChI is InChI=1S/C25H21FN2O4S/c1-16-7-12-20(13-17(16)2)33(31,32)23-14-28(22-6-4-3-5-21(22)25(23)30)15-24(29)27-19-10-8-18(26)9-11-19/h3-14H,15H2,1-2H3,(H,27,29). The predicted molar refractivity (Wildman–Crippen MR) is 125 cm³/mol. The predicted octanol–water partition coefficient (Wildman–Crippen LogP) is 4.23. The largest absolute Gasteiger partial charge is 0.336 e. The minimum Gasteiger partial charge on any atom is -0.336 e. The molecule has 4 aromatic rings. The molecular formula is C25H21FN2O4S. The van der Waals surface area contributed by atoms with Gasteiger partial charge in [-0.05, 0) is 73.5 Å². The van der Waals surface area contributed by atoms with Gasteiger partial charge in [0.1, 0.15) is 17.3 Å². The van der Waals surface area contributed by atoms with Gasteiger partial charge in [0.25, 0.3) is 0 Å². The van der Waals surface area contributed by atoms with Crippen LogP contribution in [0.5, 0.6) is 0 Å². The van der Waals surface area contributed by atoms with Gasteiger partial charge in [-0.1, -0.05) is 18.2 Å². The lowest BCUT2D eigenvalue weighted by Gasteiger charge is -2.14. The number of fused-ring (bicyclic) bond motifs is 1. The third-order valence-electron chi connectivity index (χ3n) is 5.48. The lowest BCUT2D eigenvalue weighted by molar-refractivity contribution is -0.116. The maximum atomic E-state index is 13.4. The van der Waals surface area contributed by atoms with Gasteiger partial charge in [-0.2, -0.15) is 0 Å². The first-order valence-corrected chi connectivity index (χ1v) is 11.6. The molecule has 1 heterocycles. The molecule has 6 nitrogen and oxygen atoms in total. The van der Waals surface area contributed by atoms with E-state index in [9.17, 15) is 22.4 Å². The molecule has 3 aromatic carbocycles. The van der Waals surface area contributed by atoms with Crippen molar-refractivity contribution in [2.45, 2.75) is 30.2 Å². The van der Waals surface area contributed by atoms with Gasteiger partial charge in [-0.15, -0.1) is 0 Å². The third kappa shape index (κ3) is 4.42. The summed E-state index contributed by atoms with van der Waals surface area (Å²) < 4.78 is 41.3. The molecule has 168 valence electrons. The number of nitrogens with one attached hydrogen (secondary N) is 1. The fourth-order valence-electron chi connectivity index (χ4n) is 3.54. The highest BCUT2D eigenvalue weighted by Gasteiger charge is 2.24. The maximum absolute atomic E-state index is 13.4. The first-order chi connectivity index (χ1) is 15.7. The number of carbonyl (C=O) groups is 1. The highest BCUT2D eigenvalue weighted by atomic mass is 32.2. The van der Waals surface area contributed by atoms with E-state index < -0.39 is 31.9 Å². The number of anilines is 1. The zero-order valence-electron chi connectivity index (χ0n) is 18.0. The number of halogens is 1. The number of hydrogen-bond donors (Lipinski definition) is 1. The Kier molecular flexibility index (Phi) is 5.86. The van der Waals surface area contributed by atoms with Gasteiger partial charge in [0, 0.05) is 17.3 Å². The van der Waals surface area contributed by atoms with Crippen molar-refractivity contribution in [1.29, 1.82) is 0 Å². The SMILES string of the molecule is Cc1ccc(S(=O)(=O)c2cn(CC(=O)Nc3ccc(F)cc3)c3ccccc3c2=O)cc1C. The Morgan fingerprint density at radius 2 is 1.67 bits per heavy atom. The van der Waals surface area contributed by atoms with Crippen LogP contribution >= 0.6 is 0 Å². The summed E-state index contributed by atoms with van der Waals surface area (Å²) in [5, 5.41) is 2.84. The van der Waals surface area contributed by atoms with Crippen molar-refractivity contribution in [2.24, 2.45) is 0 Å². The number of rotatable bonds is 5. The van der Waals surface area contributed by atoms with Crippen LogP contribution in [0.2, 0.25) is 0 Å². The minimum atomic E-state index is -4.13. The molecule has 8 heteroatoms. The molecule has 0 bridgehead atoms. The van der Waals surface area contributed by atoms with Crippen molar-refractivity contribution in [3.63, 3.8) is 0 Å². The minimum absolute atomic E-state index is 0.0142. The van der Waals surface area contributed by atoms with E-state index in [2.05, 4.69) is 5.32 Å². The molecule has 0 spiro atoms. The molecule has 0 unspecified atom stereocenters. The van der Waals surface area contributed by atoms with E-state index in [4.69, 9.17) is 0 Å². The molecule has 1 amide bonds. The van der Waals surface area contributed by atoms with Crippen LogP contribution in [0.25, 0.3) is 10.9 Å². The van der Waals surface area contributed by atoms with E-state index in [0.717, 1.165) is 11.1 Å². The van der Waals surface area contributed by atoms with Crippen LogP contribution in [-0.4, -0.2) is 18.9 Å². The Hall–Kier alpha value is -3.78. The molecule has 0 aliphatic heterocycles. The topological polar surface area (TPSA) is 85.2 Å². The maximum Gasteiger partial charge on any atom is 0.244 e. The quantitative estimate of drug-likeness (QED) is 0.479. The average Bonchev–Trinajstić information content (AvgIpc) is 2.79. The summed E-state index contributed by atoms with van der Waals surface area (Å²) in [5.41, 5.74) is 1.92. The molecule has 0 atom stereocenters. The smallest absolute Gasteiger partial charge is 0.244 e. The summed E-state index contributed by atoms with van der Waals surface area (Å²) >= 11 is 0. The molecule has 0 saturated carbocycles. The van der Waals surface area contributed by atoms with Crippen LogP contribution in [0.15, 0.2) is 87.5 Å². The third-order valence-corrected chi connectivity index (χ3v) is 7.22. The van der Waals surface area contributed by atoms with Gasteiger partial charge in [-0.25, -0.2) is 12.8 Å². The van der Waals surface area contributed by atoms with E-state index in [-0.39, 0.29) is 16.8 Å². The van der Waals surface area contributed by atoms with Crippen molar-refractivity contribution in [3.8, 4) is 0 Å². The van der Waals surface area contributed by atoms with E-state index in [1.165, 1.54) is 53.2 Å². The van der Waals surface area contributed by atoms with Crippen LogP contribution in [0.1, 0.15) is 11.1 Å². The van der Waals surface area contributed by atoms with Gasteiger partial charge < -0.3 is 9.88 Å². The first kappa shape index (κ1) is 22.4. The zero-order chi connectivity index (χ0) is 23.8. The molecule has 0 fully saturated rings. The van der Waals surface area contributed by atoms with Crippen LogP contribution < -0.4 is 10.7 Å². The molecular weight excluding hydrogens is 443 g/mol. The molecule has 4 rings (SSSR count). The average molecular weight is 465 g/mol. The fraction of sp³-hybridized carbons (Fsp3) is 0.120. The number of aryl methyl sites for hydroxylation is 2. The second-order valence-electron chi connectivity index (χ2n) is 7.77. The summed E-state index contributed by atoms with van der Waals surface area (Å²) in [6.07, 6.45) is 1.21. The van der Waals surface area contributed by atoms with Gasteiger partial charge >= 0.3 is 0 Å². The lowest BCUT2D eigenvalue weighted by atomic mass is 10.1. The van der Waals surface area contributed by atoms with Crippen LogP contribution in [0.3, 0.4) is 0 Å². The summed E-state index contributed by atoms with van der Waals surface area (Å²) in [6.45, 7) is 3.43. The molecule has 0 radical (unpaired) electrons. The van der Waals surface area contributed by atoms with Crippen LogP contribution in [0, 0.1) is 19.7 Å². The molecule has 33 heavy (non-hydrogen) atoms. The first-order valence-electron chi connectivity index (χ1n) is 10.2. The Morgan fingerprint density at radius 1 is 0.970 bits per heavy atom. The van der Waals surface area contributed by atoms with E-state index in [1.54, 1.807) is 31.2 Å². The molecule has 0 saturated heterocycles. The van der Waals surface area contributed by atoms with Crippen molar-refractivity contribution in [1.82, 2.24) is 4.57 Å². The van der Waals surface area contributed by atoms with E-state index in [0.29, 0.717) is 11.2 Å². The summed E-state index contributed by atoms with van der Waals surface area (Å²) in [7, 11) is -4.13. The monoisotopic (exact) mass is 464 g/mol. The van der Waals surface area contributed by atoms with Gasteiger partial charge in [0.2, 0.25) is 21.2 Å². The van der Waals surface area contributed by atoms with Crippen molar-refractivity contribution in [2.75, 3.05) is 5.32 Å². The number of sulfone groups is 1. The Morgan fingerprint density at radius 3 is 2.36 bits per heavy atom. The summed E-state index contributed by atoms with van der Waals surface area (Å²) in [5.74, 6) is -0.884. The van der Waals surface area contributed by atoms with Crippen LogP contribution in [-0.2, 0) is 21.2 Å². The summed E-state index contributed by atoms with van der Waals surface area (Å²) in [6, 6.07) is 16.5. The van der Waals surface area contributed by atoms with Crippen LogP contribution in [0.4, 0.5) is 10.1 Å². The highest BCUT2D eigenvalue weighted by molar-refractivity contribution is 7.91. The molecule has 1 N–H and O–H groups in total. The second-order valence-corrected chi connectivity index (χ2v) is 9.69. The van der Waals surface area contributed by atoms with Gasteiger partial charge in [0.15, 0.2) is 0 Å². The number of hydrogen-bond acceptors (Lipinski definition) is 4.